The van der Waals surface area contributed by atoms with Crippen LogP contribution in [-0.4, -0.2) is 37.3 Å². The molecule has 0 amide bonds. The number of halogens is 2. The lowest BCUT2D eigenvalue weighted by atomic mass is 9.90. The largest absolute Gasteiger partial charge is 0.307 e. The minimum atomic E-state index is -0.252. The van der Waals surface area contributed by atoms with Crippen molar-refractivity contribution >= 4 is 17.3 Å². The van der Waals surface area contributed by atoms with Gasteiger partial charge < -0.3 is 4.90 Å². The molecule has 0 fully saturated rings. The Morgan fingerprint density at radius 3 is 2.68 bits per heavy atom. The average Bonchev–Trinajstić information content (AvgIpc) is 2.47. The third-order valence-electron chi connectivity index (χ3n) is 3.80. The summed E-state index contributed by atoms with van der Waals surface area (Å²) in [4.78, 5) is 6.92. The standard InChI is InChI=1S/C18H18ClFN2/c1-22(2)11-14-9-12-7-8-13(19)10-16(12)18(21-14)15-5-3-4-6-17(15)20/h3-8,10,14H,9,11H2,1-2H3. The number of rotatable bonds is 3. The van der Waals surface area contributed by atoms with E-state index < -0.39 is 0 Å². The maximum absolute atomic E-state index is 14.2. The molecule has 0 saturated heterocycles. The minimum Gasteiger partial charge on any atom is -0.307 e. The molecule has 0 N–H and O–H groups in total. The van der Waals surface area contributed by atoms with Crippen molar-refractivity contribution in [2.75, 3.05) is 20.6 Å². The second kappa shape index (κ2) is 6.19. The van der Waals surface area contributed by atoms with Gasteiger partial charge in [0.15, 0.2) is 0 Å². The van der Waals surface area contributed by atoms with Crippen molar-refractivity contribution in [2.24, 2.45) is 4.99 Å². The molecule has 0 aromatic heterocycles. The van der Waals surface area contributed by atoms with Crippen LogP contribution in [-0.2, 0) is 6.42 Å². The molecule has 0 spiro atoms. The molecule has 22 heavy (non-hydrogen) atoms. The Morgan fingerprint density at radius 2 is 1.95 bits per heavy atom. The van der Waals surface area contributed by atoms with Crippen LogP contribution in [0.5, 0.6) is 0 Å². The monoisotopic (exact) mass is 316 g/mol. The van der Waals surface area contributed by atoms with E-state index in [4.69, 9.17) is 16.6 Å². The summed E-state index contributed by atoms with van der Waals surface area (Å²) in [5.41, 5.74) is 3.35. The molecule has 0 radical (unpaired) electrons. The van der Waals surface area contributed by atoms with Crippen LogP contribution in [0.3, 0.4) is 0 Å². The number of likely N-dealkylation sites (N-methyl/N-ethyl adjacent to an activating group) is 1. The van der Waals surface area contributed by atoms with Gasteiger partial charge in [-0.3, -0.25) is 4.99 Å². The molecule has 0 bridgehead atoms. The molecule has 1 aliphatic heterocycles. The van der Waals surface area contributed by atoms with Crippen LogP contribution in [0.25, 0.3) is 0 Å². The topological polar surface area (TPSA) is 15.6 Å². The molecule has 2 nitrogen and oxygen atoms in total. The van der Waals surface area contributed by atoms with Crippen LogP contribution < -0.4 is 0 Å². The van der Waals surface area contributed by atoms with E-state index in [0.29, 0.717) is 16.3 Å². The fourth-order valence-corrected chi connectivity index (χ4v) is 3.07. The maximum atomic E-state index is 14.2. The minimum absolute atomic E-state index is 0.123. The van der Waals surface area contributed by atoms with Gasteiger partial charge >= 0.3 is 0 Å². The molecule has 1 unspecified atom stereocenters. The predicted molar refractivity (Wildman–Crippen MR) is 89.5 cm³/mol. The van der Waals surface area contributed by atoms with E-state index in [0.717, 1.165) is 18.5 Å². The fourth-order valence-electron chi connectivity index (χ4n) is 2.89. The Balaban J connectivity index is 2.12. The van der Waals surface area contributed by atoms with Crippen molar-refractivity contribution in [3.63, 3.8) is 0 Å². The Hall–Kier alpha value is -1.71. The number of nitrogens with zero attached hydrogens (tertiary/aromatic N) is 2. The molecular formula is C18H18ClFN2. The van der Waals surface area contributed by atoms with Gasteiger partial charge in [-0.1, -0.05) is 29.8 Å². The van der Waals surface area contributed by atoms with E-state index in [1.807, 2.05) is 38.4 Å². The summed E-state index contributed by atoms with van der Waals surface area (Å²) in [5.74, 6) is -0.252. The van der Waals surface area contributed by atoms with Crippen molar-refractivity contribution in [1.29, 1.82) is 0 Å². The highest BCUT2D eigenvalue weighted by molar-refractivity contribution is 6.31. The van der Waals surface area contributed by atoms with E-state index in [1.54, 1.807) is 12.1 Å². The lowest BCUT2D eigenvalue weighted by molar-refractivity contribution is 0.371. The van der Waals surface area contributed by atoms with Gasteiger partial charge in [0.25, 0.3) is 0 Å². The van der Waals surface area contributed by atoms with Gasteiger partial charge in [0.05, 0.1) is 11.8 Å². The van der Waals surface area contributed by atoms with E-state index in [-0.39, 0.29) is 11.9 Å². The molecule has 3 rings (SSSR count). The molecule has 114 valence electrons. The fraction of sp³-hybridized carbons (Fsp3) is 0.278. The Labute approximate surface area is 135 Å². The second-order valence-corrected chi connectivity index (χ2v) is 6.32. The molecule has 0 saturated carbocycles. The van der Waals surface area contributed by atoms with Crippen LogP contribution in [0.15, 0.2) is 47.5 Å². The summed E-state index contributed by atoms with van der Waals surface area (Å²) in [7, 11) is 4.05. The first-order valence-electron chi connectivity index (χ1n) is 7.31. The van der Waals surface area contributed by atoms with Gasteiger partial charge in [-0.2, -0.15) is 0 Å². The Morgan fingerprint density at radius 1 is 1.18 bits per heavy atom. The summed E-state index contributed by atoms with van der Waals surface area (Å²) in [6.45, 7) is 0.833. The SMILES string of the molecule is CN(C)CC1Cc2ccc(Cl)cc2C(c2ccccc2F)=N1. The predicted octanol–water partition coefficient (Wildman–Crippen LogP) is 3.80. The highest BCUT2D eigenvalue weighted by Crippen LogP contribution is 2.27. The highest BCUT2D eigenvalue weighted by atomic mass is 35.5. The zero-order valence-electron chi connectivity index (χ0n) is 12.7. The number of fused-ring (bicyclic) bond motifs is 1. The molecule has 1 atom stereocenters. The first kappa shape index (κ1) is 15.2. The quantitative estimate of drug-likeness (QED) is 0.841. The first-order valence-corrected chi connectivity index (χ1v) is 7.68. The van der Waals surface area contributed by atoms with Crippen LogP contribution in [0.4, 0.5) is 4.39 Å². The second-order valence-electron chi connectivity index (χ2n) is 5.88. The molecule has 2 aromatic carbocycles. The van der Waals surface area contributed by atoms with Crippen LogP contribution >= 0.6 is 11.6 Å². The summed E-state index contributed by atoms with van der Waals surface area (Å²) in [6.07, 6.45) is 0.850. The van der Waals surface area contributed by atoms with Crippen molar-refractivity contribution in [1.82, 2.24) is 4.90 Å². The van der Waals surface area contributed by atoms with Crippen molar-refractivity contribution < 1.29 is 4.39 Å². The van der Waals surface area contributed by atoms with Crippen molar-refractivity contribution in [3.8, 4) is 0 Å². The van der Waals surface area contributed by atoms with Gasteiger partial charge in [0, 0.05) is 22.7 Å². The Bertz CT molecular complexity index is 725. The van der Waals surface area contributed by atoms with Gasteiger partial charge in [0.1, 0.15) is 5.82 Å². The van der Waals surface area contributed by atoms with Crippen LogP contribution in [0.1, 0.15) is 16.7 Å². The van der Waals surface area contributed by atoms with Crippen molar-refractivity contribution in [2.45, 2.75) is 12.5 Å². The average molecular weight is 317 g/mol. The summed E-state index contributed by atoms with van der Waals surface area (Å²) in [6, 6.07) is 12.7. The number of benzene rings is 2. The maximum Gasteiger partial charge on any atom is 0.132 e. The van der Waals surface area contributed by atoms with E-state index >= 15 is 0 Å². The van der Waals surface area contributed by atoms with Gasteiger partial charge in [-0.25, -0.2) is 4.39 Å². The molecular weight excluding hydrogens is 299 g/mol. The van der Waals surface area contributed by atoms with Gasteiger partial charge in [-0.15, -0.1) is 0 Å². The van der Waals surface area contributed by atoms with Crippen LogP contribution in [0, 0.1) is 5.82 Å². The lowest BCUT2D eigenvalue weighted by Crippen LogP contribution is -2.31. The third kappa shape index (κ3) is 3.06. The Kier molecular flexibility index (Phi) is 4.27. The highest BCUT2D eigenvalue weighted by Gasteiger charge is 2.24. The molecule has 1 heterocycles. The molecule has 2 aromatic rings. The number of aliphatic imine (C=N–C) groups is 1. The normalized spacial score (nSPS) is 17.3. The summed E-state index contributed by atoms with van der Waals surface area (Å²) < 4.78 is 14.2. The molecule has 4 heteroatoms. The summed E-state index contributed by atoms with van der Waals surface area (Å²) in [5, 5.41) is 0.647. The third-order valence-corrected chi connectivity index (χ3v) is 4.03. The van der Waals surface area contributed by atoms with E-state index in [2.05, 4.69) is 4.90 Å². The lowest BCUT2D eigenvalue weighted by Gasteiger charge is -2.26. The molecule has 1 aliphatic rings. The van der Waals surface area contributed by atoms with E-state index in [9.17, 15) is 4.39 Å². The first-order chi connectivity index (χ1) is 10.5. The number of hydrogen-bond acceptors (Lipinski definition) is 2. The summed E-state index contributed by atoms with van der Waals surface area (Å²) >= 11 is 6.13. The smallest absolute Gasteiger partial charge is 0.132 e. The zero-order chi connectivity index (χ0) is 15.7. The van der Waals surface area contributed by atoms with Crippen molar-refractivity contribution in [3.05, 3.63) is 70.0 Å². The van der Waals surface area contributed by atoms with Gasteiger partial charge in [0.2, 0.25) is 0 Å². The van der Waals surface area contributed by atoms with Gasteiger partial charge in [-0.05, 0) is 50.3 Å². The molecule has 0 aliphatic carbocycles. The van der Waals surface area contributed by atoms with E-state index in [1.165, 1.54) is 11.6 Å². The number of hydrogen-bond donors (Lipinski definition) is 0. The zero-order valence-corrected chi connectivity index (χ0v) is 13.4. The van der Waals surface area contributed by atoms with Crippen LogP contribution in [0.2, 0.25) is 5.02 Å².